The zero-order chi connectivity index (χ0) is 8.27. The minimum Gasteiger partial charge on any atom is -0.241 e. The molecular weight excluding hydrogens is 138 g/mol. The van der Waals surface area contributed by atoms with Gasteiger partial charge < -0.3 is 0 Å². The maximum Gasteiger partial charge on any atom is 0.153 e. The maximum absolute atomic E-state index is 5.11. The fraction of sp³-hybridized carbons (Fsp3) is 0.500. The first-order valence-electron chi connectivity index (χ1n) is 3.57. The predicted octanol–water partition coefficient (Wildman–Crippen LogP) is 1.03. The van der Waals surface area contributed by atoms with E-state index in [1.54, 1.807) is 11.0 Å². The van der Waals surface area contributed by atoms with Gasteiger partial charge in [0.1, 0.15) is 12.9 Å². The molecule has 0 fully saturated rings. The normalized spacial score (nSPS) is 10.0. The summed E-state index contributed by atoms with van der Waals surface area (Å²) in [6.45, 7) is 4.60. The molecule has 0 aliphatic heterocycles. The first-order valence-corrected chi connectivity index (χ1v) is 3.57. The summed E-state index contributed by atoms with van der Waals surface area (Å²) in [5.74, 6) is 3.71. The number of rotatable bonds is 2. The molecule has 0 aromatic carbocycles. The average Bonchev–Trinajstić information content (AvgIpc) is 2.37. The van der Waals surface area contributed by atoms with Crippen molar-refractivity contribution in [3.8, 4) is 12.3 Å². The van der Waals surface area contributed by atoms with Gasteiger partial charge in [0.2, 0.25) is 0 Å². The molecule has 1 aromatic rings. The maximum atomic E-state index is 5.11. The molecule has 0 atom stereocenters. The van der Waals surface area contributed by atoms with Crippen molar-refractivity contribution in [1.82, 2.24) is 14.8 Å². The van der Waals surface area contributed by atoms with Crippen LogP contribution in [0.4, 0.5) is 0 Å². The smallest absolute Gasteiger partial charge is 0.153 e. The van der Waals surface area contributed by atoms with E-state index in [0.29, 0.717) is 12.5 Å². The molecule has 0 unspecified atom stereocenters. The lowest BCUT2D eigenvalue weighted by atomic mass is 10.2. The van der Waals surface area contributed by atoms with Crippen LogP contribution in [0.25, 0.3) is 0 Å². The number of nitrogens with zero attached hydrogens (tertiary/aromatic N) is 3. The topological polar surface area (TPSA) is 30.7 Å². The highest BCUT2D eigenvalue weighted by Gasteiger charge is 2.03. The summed E-state index contributed by atoms with van der Waals surface area (Å²) < 4.78 is 1.66. The van der Waals surface area contributed by atoms with Crippen molar-refractivity contribution in [2.75, 3.05) is 0 Å². The first kappa shape index (κ1) is 7.80. The van der Waals surface area contributed by atoms with Gasteiger partial charge in [0.15, 0.2) is 5.82 Å². The van der Waals surface area contributed by atoms with Gasteiger partial charge in [-0.3, -0.25) is 0 Å². The van der Waals surface area contributed by atoms with Crippen LogP contribution in [0, 0.1) is 12.3 Å². The summed E-state index contributed by atoms with van der Waals surface area (Å²) in [6, 6.07) is 0. The molecule has 0 spiro atoms. The monoisotopic (exact) mass is 149 g/mol. The number of terminal acetylenes is 1. The summed E-state index contributed by atoms with van der Waals surface area (Å²) >= 11 is 0. The Morgan fingerprint density at radius 3 is 2.91 bits per heavy atom. The lowest BCUT2D eigenvalue weighted by Crippen LogP contribution is -1.97. The Morgan fingerprint density at radius 2 is 2.45 bits per heavy atom. The molecular formula is C8H11N3. The molecule has 0 bridgehead atoms. The minimum absolute atomic E-state index is 0.369. The largest absolute Gasteiger partial charge is 0.241 e. The molecule has 0 saturated carbocycles. The van der Waals surface area contributed by atoms with E-state index >= 15 is 0 Å². The second-order valence-electron chi connectivity index (χ2n) is 2.66. The highest BCUT2D eigenvalue weighted by Crippen LogP contribution is 2.06. The van der Waals surface area contributed by atoms with E-state index in [2.05, 4.69) is 29.9 Å². The molecule has 0 aliphatic carbocycles. The minimum atomic E-state index is 0.369. The zero-order valence-corrected chi connectivity index (χ0v) is 6.78. The molecule has 1 aromatic heterocycles. The van der Waals surface area contributed by atoms with Gasteiger partial charge in [-0.15, -0.1) is 6.42 Å². The van der Waals surface area contributed by atoms with E-state index < -0.39 is 0 Å². The van der Waals surface area contributed by atoms with E-state index in [1.165, 1.54) is 0 Å². The van der Waals surface area contributed by atoms with Gasteiger partial charge in [0.05, 0.1) is 0 Å². The van der Waals surface area contributed by atoms with Gasteiger partial charge in [-0.1, -0.05) is 19.8 Å². The van der Waals surface area contributed by atoms with E-state index in [1.807, 2.05) is 0 Å². The number of hydrogen-bond acceptors (Lipinski definition) is 2. The van der Waals surface area contributed by atoms with Gasteiger partial charge in [-0.05, 0) is 0 Å². The van der Waals surface area contributed by atoms with E-state index in [-0.39, 0.29) is 0 Å². The Bertz CT molecular complexity index is 267. The van der Waals surface area contributed by atoms with Crippen molar-refractivity contribution in [2.24, 2.45) is 0 Å². The quantitative estimate of drug-likeness (QED) is 0.588. The lowest BCUT2D eigenvalue weighted by Gasteiger charge is -1.94. The molecule has 1 heterocycles. The van der Waals surface area contributed by atoms with Gasteiger partial charge in [0.25, 0.3) is 0 Å². The van der Waals surface area contributed by atoms with Crippen molar-refractivity contribution in [1.29, 1.82) is 0 Å². The van der Waals surface area contributed by atoms with Gasteiger partial charge in [0, 0.05) is 5.92 Å². The van der Waals surface area contributed by atoms with Crippen molar-refractivity contribution in [3.63, 3.8) is 0 Å². The van der Waals surface area contributed by atoms with E-state index in [9.17, 15) is 0 Å². The Kier molecular flexibility index (Phi) is 2.27. The Hall–Kier alpha value is -1.30. The standard InChI is InChI=1S/C8H11N3/c1-4-5-11-6-9-8(10-11)7(2)3/h1,6-7H,5H2,2-3H3. The summed E-state index contributed by atoms with van der Waals surface area (Å²) in [7, 11) is 0. The average molecular weight is 149 g/mol. The predicted molar refractivity (Wildman–Crippen MR) is 42.9 cm³/mol. The summed E-state index contributed by atoms with van der Waals surface area (Å²) in [5, 5.41) is 4.16. The van der Waals surface area contributed by atoms with Crippen LogP contribution in [-0.2, 0) is 6.54 Å². The Balaban J connectivity index is 2.75. The lowest BCUT2D eigenvalue weighted by molar-refractivity contribution is 0.677. The second kappa shape index (κ2) is 3.20. The molecule has 3 heteroatoms. The van der Waals surface area contributed by atoms with Gasteiger partial charge in [-0.25, -0.2) is 9.67 Å². The van der Waals surface area contributed by atoms with Gasteiger partial charge >= 0.3 is 0 Å². The van der Waals surface area contributed by atoms with Crippen LogP contribution in [0.3, 0.4) is 0 Å². The van der Waals surface area contributed by atoms with Crippen molar-refractivity contribution in [2.45, 2.75) is 26.3 Å². The van der Waals surface area contributed by atoms with Crippen LogP contribution < -0.4 is 0 Å². The fourth-order valence-corrected chi connectivity index (χ4v) is 0.743. The van der Waals surface area contributed by atoms with Crippen molar-refractivity contribution in [3.05, 3.63) is 12.2 Å². The molecule has 58 valence electrons. The fourth-order valence-electron chi connectivity index (χ4n) is 0.743. The highest BCUT2D eigenvalue weighted by molar-refractivity contribution is 4.91. The molecule has 0 aliphatic rings. The number of aromatic nitrogens is 3. The van der Waals surface area contributed by atoms with E-state index in [0.717, 1.165) is 5.82 Å². The highest BCUT2D eigenvalue weighted by atomic mass is 15.3. The molecule has 1 rings (SSSR count). The van der Waals surface area contributed by atoms with Crippen molar-refractivity contribution >= 4 is 0 Å². The van der Waals surface area contributed by atoms with Crippen LogP contribution >= 0.6 is 0 Å². The zero-order valence-electron chi connectivity index (χ0n) is 6.78. The third-order valence-electron chi connectivity index (χ3n) is 1.32. The van der Waals surface area contributed by atoms with Crippen LogP contribution in [0.1, 0.15) is 25.6 Å². The number of hydrogen-bond donors (Lipinski definition) is 0. The Labute approximate surface area is 66.4 Å². The molecule has 0 amide bonds. The van der Waals surface area contributed by atoms with Gasteiger partial charge in [-0.2, -0.15) is 5.10 Å². The van der Waals surface area contributed by atoms with Crippen LogP contribution in [0.5, 0.6) is 0 Å². The molecule has 11 heavy (non-hydrogen) atoms. The second-order valence-corrected chi connectivity index (χ2v) is 2.66. The Morgan fingerprint density at radius 1 is 1.73 bits per heavy atom. The SMILES string of the molecule is C#CCn1cnc(C(C)C)n1. The third-order valence-corrected chi connectivity index (χ3v) is 1.32. The summed E-state index contributed by atoms with van der Waals surface area (Å²) in [4.78, 5) is 4.09. The molecule has 0 saturated heterocycles. The first-order chi connectivity index (χ1) is 5.24. The van der Waals surface area contributed by atoms with Crippen LogP contribution in [-0.4, -0.2) is 14.8 Å². The summed E-state index contributed by atoms with van der Waals surface area (Å²) in [5.41, 5.74) is 0. The van der Waals surface area contributed by atoms with Crippen LogP contribution in [0.15, 0.2) is 6.33 Å². The summed E-state index contributed by atoms with van der Waals surface area (Å²) in [6.07, 6.45) is 6.77. The molecule has 0 N–H and O–H groups in total. The van der Waals surface area contributed by atoms with Crippen molar-refractivity contribution < 1.29 is 0 Å². The van der Waals surface area contributed by atoms with E-state index in [4.69, 9.17) is 6.42 Å². The van der Waals surface area contributed by atoms with Crippen LogP contribution in [0.2, 0.25) is 0 Å². The molecule has 0 radical (unpaired) electrons. The molecule has 3 nitrogen and oxygen atoms in total. The third kappa shape index (κ3) is 1.81.